The summed E-state index contributed by atoms with van der Waals surface area (Å²) in [6.45, 7) is 1.60. The van der Waals surface area contributed by atoms with Gasteiger partial charge in [-0.15, -0.1) is 0 Å². The minimum atomic E-state index is -1.08. The summed E-state index contributed by atoms with van der Waals surface area (Å²) < 4.78 is 15.3. The Morgan fingerprint density at radius 1 is 1.04 bits per heavy atom. The van der Waals surface area contributed by atoms with E-state index < -0.39 is 52.0 Å². The lowest BCUT2D eigenvalue weighted by Crippen LogP contribution is -2.25. The number of ketones is 2. The van der Waals surface area contributed by atoms with Crippen LogP contribution in [0.4, 0.5) is 0 Å². The van der Waals surface area contributed by atoms with Gasteiger partial charge < -0.3 is 29.5 Å². The Hall–Kier alpha value is -3.00. The number of aliphatic hydroxyl groups is 1. The average molecular weight is 334 g/mol. The monoisotopic (exact) mass is 334 g/mol. The topological polar surface area (TPSA) is 123 Å². The number of allylic oxidation sites excluding steroid dienone is 3. The van der Waals surface area contributed by atoms with Crippen molar-refractivity contribution in [3.8, 4) is 11.5 Å². The number of carbonyl (C=O) groups excluding carboxylic acids is 2. The molecule has 8 nitrogen and oxygen atoms in total. The summed E-state index contributed by atoms with van der Waals surface area (Å²) in [4.78, 5) is 24.8. The van der Waals surface area contributed by atoms with E-state index in [0.29, 0.717) is 5.76 Å². The number of aliphatic hydroxyl groups excluding tert-OH is 1. The third kappa shape index (κ3) is 1.89. The summed E-state index contributed by atoms with van der Waals surface area (Å²) in [5.74, 6) is -4.24. The molecule has 3 rings (SSSR count). The molecule has 0 saturated carbocycles. The zero-order valence-electron chi connectivity index (χ0n) is 13.0. The Bertz CT molecular complexity index is 846. The number of ether oxygens (including phenoxy) is 3. The Morgan fingerprint density at radius 3 is 2.25 bits per heavy atom. The van der Waals surface area contributed by atoms with Crippen LogP contribution in [-0.4, -0.2) is 41.1 Å². The number of benzene rings is 1. The van der Waals surface area contributed by atoms with Crippen molar-refractivity contribution in [2.45, 2.75) is 13.2 Å². The first-order valence-electron chi connectivity index (χ1n) is 6.89. The minimum Gasteiger partial charge on any atom is -0.507 e. The van der Waals surface area contributed by atoms with Crippen LogP contribution < -0.4 is 0 Å². The molecule has 0 fully saturated rings. The quantitative estimate of drug-likeness (QED) is 0.701. The van der Waals surface area contributed by atoms with Crippen LogP contribution in [0.3, 0.4) is 0 Å². The van der Waals surface area contributed by atoms with Gasteiger partial charge in [-0.3, -0.25) is 9.59 Å². The maximum Gasteiger partial charge on any atom is 0.236 e. The van der Waals surface area contributed by atoms with Gasteiger partial charge in [-0.25, -0.2) is 0 Å². The molecule has 0 aromatic heterocycles. The van der Waals surface area contributed by atoms with E-state index in [1.54, 1.807) is 6.92 Å². The van der Waals surface area contributed by atoms with Crippen molar-refractivity contribution < 1.29 is 39.1 Å². The fraction of sp³-hybridized carbons (Fsp3) is 0.250. The number of hydrogen-bond donors (Lipinski definition) is 3. The second-order valence-electron chi connectivity index (χ2n) is 5.26. The Morgan fingerprint density at radius 2 is 1.67 bits per heavy atom. The van der Waals surface area contributed by atoms with Gasteiger partial charge in [-0.05, 0) is 13.0 Å². The maximum absolute atomic E-state index is 12.4. The van der Waals surface area contributed by atoms with E-state index in [2.05, 4.69) is 0 Å². The first-order chi connectivity index (χ1) is 11.3. The molecular weight excluding hydrogens is 320 g/mol. The summed E-state index contributed by atoms with van der Waals surface area (Å²) >= 11 is 0. The number of methoxy groups -OCH3 is 2. The molecule has 1 atom stereocenters. The first-order valence-corrected chi connectivity index (χ1v) is 6.89. The summed E-state index contributed by atoms with van der Waals surface area (Å²) in [7, 11) is 2.42. The third-order valence-electron chi connectivity index (χ3n) is 3.91. The molecule has 1 aliphatic heterocycles. The molecule has 126 valence electrons. The summed E-state index contributed by atoms with van der Waals surface area (Å²) in [5.41, 5.74) is -0.867. The minimum absolute atomic E-state index is 0.00540. The molecule has 1 unspecified atom stereocenters. The fourth-order valence-corrected chi connectivity index (χ4v) is 2.85. The van der Waals surface area contributed by atoms with Crippen LogP contribution in [0, 0.1) is 0 Å². The highest BCUT2D eigenvalue weighted by Crippen LogP contribution is 2.48. The molecule has 0 spiro atoms. The molecule has 24 heavy (non-hydrogen) atoms. The van der Waals surface area contributed by atoms with Crippen LogP contribution in [0.5, 0.6) is 11.5 Å². The van der Waals surface area contributed by atoms with Crippen molar-refractivity contribution in [1.82, 2.24) is 0 Å². The van der Waals surface area contributed by atoms with Gasteiger partial charge in [-0.1, -0.05) is 0 Å². The lowest BCUT2D eigenvalue weighted by Gasteiger charge is -2.29. The number of phenols is 2. The van der Waals surface area contributed by atoms with Gasteiger partial charge in [0.1, 0.15) is 11.5 Å². The van der Waals surface area contributed by atoms with Crippen molar-refractivity contribution >= 4 is 17.6 Å². The number of carbonyl (C=O) groups is 2. The van der Waals surface area contributed by atoms with Crippen LogP contribution in [0.15, 0.2) is 17.3 Å². The van der Waals surface area contributed by atoms with Crippen LogP contribution in [0.2, 0.25) is 0 Å². The van der Waals surface area contributed by atoms with E-state index in [1.165, 1.54) is 13.2 Å². The standard InChI is InChI=1S/C16H14O8/c1-5-4-6-7(16(23-3)24-5)11(18)9-8(10(6)17)13(20)15(22-2)14(21)12(9)19/h4,16-18,21H,1-3H3. The van der Waals surface area contributed by atoms with Gasteiger partial charge in [0.2, 0.25) is 29.4 Å². The zero-order chi connectivity index (χ0) is 17.8. The largest absolute Gasteiger partial charge is 0.507 e. The number of phenolic OH excluding ortho intramolecular Hbond substituents is 2. The van der Waals surface area contributed by atoms with E-state index in [4.69, 9.17) is 14.2 Å². The molecule has 1 aromatic carbocycles. The van der Waals surface area contributed by atoms with Gasteiger partial charge in [0, 0.05) is 12.7 Å². The predicted molar refractivity (Wildman–Crippen MR) is 79.6 cm³/mol. The van der Waals surface area contributed by atoms with E-state index in [9.17, 15) is 24.9 Å². The van der Waals surface area contributed by atoms with Crippen LogP contribution in [0.25, 0.3) is 6.08 Å². The second kappa shape index (κ2) is 5.27. The Labute approximate surface area is 136 Å². The molecule has 0 radical (unpaired) electrons. The van der Waals surface area contributed by atoms with Gasteiger partial charge in [0.25, 0.3) is 0 Å². The van der Waals surface area contributed by atoms with Gasteiger partial charge in [0.05, 0.1) is 29.6 Å². The molecular formula is C16H14O8. The normalized spacial score (nSPS) is 19.5. The van der Waals surface area contributed by atoms with Crippen molar-refractivity contribution in [2.75, 3.05) is 14.2 Å². The average Bonchev–Trinajstić information content (AvgIpc) is 2.55. The summed E-state index contributed by atoms with van der Waals surface area (Å²) in [5, 5.41) is 30.9. The molecule has 0 bridgehead atoms. The second-order valence-corrected chi connectivity index (χ2v) is 5.26. The van der Waals surface area contributed by atoms with Crippen LogP contribution in [-0.2, 0) is 14.2 Å². The number of hydrogen-bond acceptors (Lipinski definition) is 8. The highest BCUT2D eigenvalue weighted by Gasteiger charge is 2.42. The van der Waals surface area contributed by atoms with Crippen LogP contribution >= 0.6 is 0 Å². The number of fused-ring (bicyclic) bond motifs is 2. The Balaban J connectivity index is 2.41. The molecule has 1 heterocycles. The number of aromatic hydroxyl groups is 2. The predicted octanol–water partition coefficient (Wildman–Crippen LogP) is 1.93. The maximum atomic E-state index is 12.4. The highest BCUT2D eigenvalue weighted by molar-refractivity contribution is 6.27. The van der Waals surface area contributed by atoms with Crippen molar-refractivity contribution in [1.29, 1.82) is 0 Å². The molecule has 8 heteroatoms. The molecule has 1 aromatic rings. The van der Waals surface area contributed by atoms with Gasteiger partial charge in [0.15, 0.2) is 0 Å². The summed E-state index contributed by atoms with van der Waals surface area (Å²) in [6.07, 6.45) is 0.321. The molecule has 2 aliphatic rings. The van der Waals surface area contributed by atoms with Gasteiger partial charge in [-0.2, -0.15) is 0 Å². The van der Waals surface area contributed by atoms with E-state index in [-0.39, 0.29) is 11.1 Å². The number of Topliss-reactive ketones (excluding diaryl/α,β-unsaturated/α-hetero) is 2. The molecule has 0 amide bonds. The lowest BCUT2D eigenvalue weighted by atomic mass is 9.85. The van der Waals surface area contributed by atoms with E-state index in [0.717, 1.165) is 7.11 Å². The van der Waals surface area contributed by atoms with Crippen molar-refractivity contribution in [3.63, 3.8) is 0 Å². The van der Waals surface area contributed by atoms with E-state index in [1.807, 2.05) is 0 Å². The fourth-order valence-electron chi connectivity index (χ4n) is 2.85. The molecule has 0 saturated heterocycles. The number of rotatable bonds is 2. The highest BCUT2D eigenvalue weighted by atomic mass is 16.7. The molecule has 1 aliphatic carbocycles. The van der Waals surface area contributed by atoms with Crippen molar-refractivity contribution in [3.05, 3.63) is 39.5 Å². The Kier molecular flexibility index (Phi) is 3.49. The van der Waals surface area contributed by atoms with Crippen molar-refractivity contribution in [2.24, 2.45) is 0 Å². The lowest BCUT2D eigenvalue weighted by molar-refractivity contribution is -0.0997. The van der Waals surface area contributed by atoms with Crippen LogP contribution in [0.1, 0.15) is 45.1 Å². The zero-order valence-corrected chi connectivity index (χ0v) is 13.0. The third-order valence-corrected chi connectivity index (χ3v) is 3.91. The SMILES string of the molecule is COC1=C(O)C(=O)c2c(O)c3c(c(O)c2C1=O)C=C(C)OC3OC. The molecule has 3 N–H and O–H groups in total. The summed E-state index contributed by atoms with van der Waals surface area (Å²) in [6, 6.07) is 0. The van der Waals surface area contributed by atoms with Gasteiger partial charge >= 0.3 is 0 Å². The smallest absolute Gasteiger partial charge is 0.236 e. The first kappa shape index (κ1) is 15.9. The van der Waals surface area contributed by atoms with E-state index >= 15 is 0 Å².